The highest BCUT2D eigenvalue weighted by atomic mass is 16.5. The lowest BCUT2D eigenvalue weighted by molar-refractivity contribution is -0.129. The van der Waals surface area contributed by atoms with Gasteiger partial charge >= 0.3 is 6.03 Å². The lowest BCUT2D eigenvalue weighted by Crippen LogP contribution is -2.45. The normalized spacial score (nSPS) is 10.3. The van der Waals surface area contributed by atoms with Crippen molar-refractivity contribution in [3.8, 4) is 0 Å². The molecule has 106 valence electrons. The molecule has 0 radical (unpaired) electrons. The molecule has 0 unspecified atom stereocenters. The molecule has 1 aromatic carbocycles. The smallest absolute Gasteiger partial charge is 0.301 e. The van der Waals surface area contributed by atoms with E-state index in [0.717, 1.165) is 5.56 Å². The summed E-state index contributed by atoms with van der Waals surface area (Å²) in [5.74, 6) is -0.668. The number of nitrogens with zero attached hydrogens (tertiary/aromatic N) is 2. The van der Waals surface area contributed by atoms with Crippen LogP contribution in [-0.2, 0) is 9.59 Å². The molecule has 0 aliphatic carbocycles. The van der Waals surface area contributed by atoms with E-state index in [4.69, 9.17) is 0 Å². The highest BCUT2D eigenvalue weighted by molar-refractivity contribution is 6.03. The predicted octanol–water partition coefficient (Wildman–Crippen LogP) is 1.56. The zero-order chi connectivity index (χ0) is 15.0. The first-order chi connectivity index (χ1) is 9.60. The number of carbonyl (C=O) groups excluding carboxylic acids is 3. The average Bonchev–Trinajstić information content (AvgIpc) is 2.49. The van der Waals surface area contributed by atoms with Gasteiger partial charge in [0.1, 0.15) is 6.29 Å². The van der Waals surface area contributed by atoms with Gasteiger partial charge in [-0.1, -0.05) is 30.3 Å². The van der Waals surface area contributed by atoms with Crippen molar-refractivity contribution in [3.05, 3.63) is 42.0 Å². The Balaban J connectivity index is 2.81. The van der Waals surface area contributed by atoms with E-state index in [-0.39, 0.29) is 6.54 Å². The number of aldehydes is 1. The highest BCUT2D eigenvalue weighted by Crippen LogP contribution is 2.03. The van der Waals surface area contributed by atoms with E-state index >= 15 is 0 Å². The quantitative estimate of drug-likeness (QED) is 0.383. The standard InChI is InChI=1S/C14H16N2O4/c1-2-16(20)14(19)15(10-11-17)13(18)9-8-12-6-4-3-5-7-12/h3-9,11,20H,2,10H2,1H3. The summed E-state index contributed by atoms with van der Waals surface area (Å²) in [4.78, 5) is 34.8. The van der Waals surface area contributed by atoms with Gasteiger partial charge in [-0.3, -0.25) is 14.9 Å². The molecular weight excluding hydrogens is 260 g/mol. The van der Waals surface area contributed by atoms with Gasteiger partial charge in [0.25, 0.3) is 5.91 Å². The molecule has 0 aliphatic rings. The van der Waals surface area contributed by atoms with Crippen molar-refractivity contribution in [3.63, 3.8) is 0 Å². The molecule has 0 spiro atoms. The Morgan fingerprint density at radius 2 is 1.90 bits per heavy atom. The first-order valence-corrected chi connectivity index (χ1v) is 6.08. The Kier molecular flexibility index (Phi) is 6.12. The Morgan fingerprint density at radius 1 is 1.25 bits per heavy atom. The van der Waals surface area contributed by atoms with Crippen LogP contribution in [0.2, 0.25) is 0 Å². The van der Waals surface area contributed by atoms with Gasteiger partial charge in [0.15, 0.2) is 0 Å². The van der Waals surface area contributed by atoms with Crippen LogP contribution < -0.4 is 0 Å². The molecular formula is C14H16N2O4. The summed E-state index contributed by atoms with van der Waals surface area (Å²) in [5.41, 5.74) is 0.788. The Morgan fingerprint density at radius 3 is 2.45 bits per heavy atom. The lowest BCUT2D eigenvalue weighted by Gasteiger charge is -2.21. The van der Waals surface area contributed by atoms with Crippen LogP contribution in [0.1, 0.15) is 12.5 Å². The fourth-order valence-electron chi connectivity index (χ4n) is 1.43. The zero-order valence-electron chi connectivity index (χ0n) is 11.1. The van der Waals surface area contributed by atoms with E-state index < -0.39 is 18.5 Å². The second kappa shape index (κ2) is 7.85. The van der Waals surface area contributed by atoms with Crippen molar-refractivity contribution in [2.75, 3.05) is 13.1 Å². The highest BCUT2D eigenvalue weighted by Gasteiger charge is 2.22. The van der Waals surface area contributed by atoms with Crippen LogP contribution in [-0.4, -0.2) is 46.5 Å². The van der Waals surface area contributed by atoms with Gasteiger partial charge in [-0.2, -0.15) is 0 Å². The van der Waals surface area contributed by atoms with Crippen molar-refractivity contribution >= 4 is 24.3 Å². The van der Waals surface area contributed by atoms with Crippen LogP contribution >= 0.6 is 0 Å². The van der Waals surface area contributed by atoms with Gasteiger partial charge in [-0.05, 0) is 18.6 Å². The molecule has 1 rings (SSSR count). The first kappa shape index (κ1) is 15.6. The Bertz CT molecular complexity index is 499. The SMILES string of the molecule is CCN(O)C(=O)N(CC=O)C(=O)C=Cc1ccccc1. The van der Waals surface area contributed by atoms with Crippen LogP contribution in [0.15, 0.2) is 36.4 Å². The molecule has 3 amide bonds. The summed E-state index contributed by atoms with van der Waals surface area (Å²) in [6, 6.07) is 8.12. The molecule has 0 bridgehead atoms. The van der Waals surface area contributed by atoms with E-state index in [1.807, 2.05) is 18.2 Å². The van der Waals surface area contributed by atoms with Gasteiger partial charge in [0, 0.05) is 12.6 Å². The maximum Gasteiger partial charge on any atom is 0.351 e. The summed E-state index contributed by atoms with van der Waals surface area (Å²) < 4.78 is 0. The number of hydroxylamine groups is 2. The molecule has 0 saturated carbocycles. The maximum absolute atomic E-state index is 11.9. The molecule has 0 aliphatic heterocycles. The fourth-order valence-corrected chi connectivity index (χ4v) is 1.43. The lowest BCUT2D eigenvalue weighted by atomic mass is 10.2. The van der Waals surface area contributed by atoms with Crippen LogP contribution in [0.25, 0.3) is 6.08 Å². The van der Waals surface area contributed by atoms with E-state index in [0.29, 0.717) is 16.2 Å². The number of carbonyl (C=O) groups is 3. The third-order valence-electron chi connectivity index (χ3n) is 2.49. The van der Waals surface area contributed by atoms with Crippen molar-refractivity contribution in [2.24, 2.45) is 0 Å². The fraction of sp³-hybridized carbons (Fsp3) is 0.214. The number of rotatable bonds is 5. The molecule has 0 aromatic heterocycles. The van der Waals surface area contributed by atoms with Gasteiger partial charge in [-0.25, -0.2) is 9.86 Å². The van der Waals surface area contributed by atoms with E-state index in [9.17, 15) is 19.6 Å². The van der Waals surface area contributed by atoms with Crippen molar-refractivity contribution in [1.29, 1.82) is 0 Å². The topological polar surface area (TPSA) is 77.9 Å². The van der Waals surface area contributed by atoms with Gasteiger partial charge in [-0.15, -0.1) is 0 Å². The summed E-state index contributed by atoms with van der Waals surface area (Å²) in [6.45, 7) is 1.15. The third-order valence-corrected chi connectivity index (χ3v) is 2.49. The minimum atomic E-state index is -0.928. The van der Waals surface area contributed by atoms with E-state index in [1.165, 1.54) is 12.2 Å². The zero-order valence-corrected chi connectivity index (χ0v) is 11.1. The number of hydrogen-bond acceptors (Lipinski definition) is 4. The molecule has 0 fully saturated rings. The number of imide groups is 1. The third kappa shape index (κ3) is 4.33. The molecule has 0 heterocycles. The average molecular weight is 276 g/mol. The largest absolute Gasteiger partial charge is 0.351 e. The number of hydrogen-bond donors (Lipinski definition) is 1. The molecule has 6 nitrogen and oxygen atoms in total. The van der Waals surface area contributed by atoms with Gasteiger partial charge < -0.3 is 4.79 Å². The number of amides is 3. The maximum atomic E-state index is 11.9. The monoisotopic (exact) mass is 276 g/mol. The summed E-state index contributed by atoms with van der Waals surface area (Å²) >= 11 is 0. The minimum Gasteiger partial charge on any atom is -0.301 e. The Labute approximate surface area is 116 Å². The van der Waals surface area contributed by atoms with Crippen LogP contribution in [0, 0.1) is 0 Å². The van der Waals surface area contributed by atoms with Gasteiger partial charge in [0.2, 0.25) is 0 Å². The predicted molar refractivity (Wildman–Crippen MR) is 72.8 cm³/mol. The molecule has 1 N–H and O–H groups in total. The van der Waals surface area contributed by atoms with E-state index in [1.54, 1.807) is 19.1 Å². The number of urea groups is 1. The molecule has 1 aromatic rings. The second-order valence-corrected chi connectivity index (χ2v) is 3.86. The van der Waals surface area contributed by atoms with E-state index in [2.05, 4.69) is 0 Å². The van der Waals surface area contributed by atoms with Crippen LogP contribution in [0.4, 0.5) is 4.79 Å². The second-order valence-electron chi connectivity index (χ2n) is 3.86. The van der Waals surface area contributed by atoms with Crippen molar-refractivity contribution in [2.45, 2.75) is 6.92 Å². The van der Waals surface area contributed by atoms with Crippen molar-refractivity contribution in [1.82, 2.24) is 9.96 Å². The molecule has 0 saturated heterocycles. The van der Waals surface area contributed by atoms with Gasteiger partial charge in [0.05, 0.1) is 6.54 Å². The number of benzene rings is 1. The van der Waals surface area contributed by atoms with Crippen molar-refractivity contribution < 1.29 is 19.6 Å². The minimum absolute atomic E-state index is 0.0177. The first-order valence-electron chi connectivity index (χ1n) is 6.08. The molecule has 6 heteroatoms. The van der Waals surface area contributed by atoms with Crippen LogP contribution in [0.5, 0.6) is 0 Å². The molecule has 0 atom stereocenters. The summed E-state index contributed by atoms with van der Waals surface area (Å²) in [7, 11) is 0. The summed E-state index contributed by atoms with van der Waals surface area (Å²) in [5, 5.41) is 9.68. The summed E-state index contributed by atoms with van der Waals surface area (Å²) in [6.07, 6.45) is 3.14. The van der Waals surface area contributed by atoms with Crippen LogP contribution in [0.3, 0.4) is 0 Å². The Hall–Kier alpha value is -2.47. The molecule has 20 heavy (non-hydrogen) atoms.